The number of nitrogens with one attached hydrogen (secondary N) is 1. The van der Waals surface area contributed by atoms with E-state index in [1.807, 2.05) is 0 Å². The number of hydrogen-bond acceptors (Lipinski definition) is 5. The van der Waals surface area contributed by atoms with Crippen LogP contribution in [0.2, 0.25) is 0 Å². The number of thiazole rings is 1. The maximum absolute atomic E-state index is 12.7. The molecule has 0 aliphatic rings. The average Bonchev–Trinajstić information content (AvgIpc) is 2.67. The Bertz CT molecular complexity index is 549. The molecule has 1 heterocycles. The van der Waals surface area contributed by atoms with Crippen LogP contribution in [0.5, 0.6) is 0 Å². The molecule has 0 unspecified atom stereocenters. The smallest absolute Gasteiger partial charge is 0.435 e. The van der Waals surface area contributed by atoms with Crippen molar-refractivity contribution in [1.29, 1.82) is 0 Å². The fourth-order valence-electron chi connectivity index (χ4n) is 1.26. The van der Waals surface area contributed by atoms with Gasteiger partial charge in [0.05, 0.1) is 6.54 Å². The molecule has 0 aliphatic carbocycles. The zero-order chi connectivity index (χ0) is 16.4. The van der Waals surface area contributed by atoms with E-state index in [0.717, 1.165) is 0 Å². The summed E-state index contributed by atoms with van der Waals surface area (Å²) in [6.07, 6.45) is -5.59. The van der Waals surface area contributed by atoms with Gasteiger partial charge in [0.2, 0.25) is 0 Å². The topological polar surface area (TPSA) is 94.3 Å². The Morgan fingerprint density at radius 2 is 1.90 bits per heavy atom. The molecule has 21 heavy (non-hydrogen) atoms. The van der Waals surface area contributed by atoms with Crippen molar-refractivity contribution in [2.45, 2.75) is 39.1 Å². The van der Waals surface area contributed by atoms with Crippen LogP contribution >= 0.6 is 11.3 Å². The van der Waals surface area contributed by atoms with E-state index in [4.69, 9.17) is 10.5 Å². The van der Waals surface area contributed by atoms with Crippen LogP contribution in [-0.2, 0) is 17.5 Å². The van der Waals surface area contributed by atoms with Crippen LogP contribution in [0.15, 0.2) is 0 Å². The van der Waals surface area contributed by atoms with E-state index < -0.39 is 34.3 Å². The third-order valence-electron chi connectivity index (χ3n) is 1.95. The number of hydrogen-bond donors (Lipinski definition) is 2. The van der Waals surface area contributed by atoms with Crippen molar-refractivity contribution in [3.05, 3.63) is 15.6 Å². The van der Waals surface area contributed by atoms with E-state index >= 15 is 0 Å². The van der Waals surface area contributed by atoms with E-state index in [0.29, 0.717) is 11.3 Å². The van der Waals surface area contributed by atoms with Crippen molar-refractivity contribution in [1.82, 2.24) is 10.3 Å². The van der Waals surface area contributed by atoms with Crippen LogP contribution in [0.4, 0.5) is 18.0 Å². The molecule has 3 N–H and O–H groups in total. The van der Waals surface area contributed by atoms with Crippen LogP contribution in [0.25, 0.3) is 0 Å². The maximum atomic E-state index is 12.7. The number of primary amides is 1. The minimum Gasteiger partial charge on any atom is -0.444 e. The standard InChI is InChI=1S/C11H14F3N3O3S/c1-10(2,3)20-9(19)16-4-5-17-7(11(12,13)14)6(21-5)8(15)18/h4H2,1-3H3,(H2,15,18)(H,16,19). The number of alkyl halides is 3. The van der Waals surface area contributed by atoms with Gasteiger partial charge in [0.15, 0.2) is 5.69 Å². The van der Waals surface area contributed by atoms with Crippen LogP contribution in [0.3, 0.4) is 0 Å². The number of halogens is 3. The second kappa shape index (κ2) is 5.88. The first-order valence-electron chi connectivity index (χ1n) is 5.73. The van der Waals surface area contributed by atoms with Gasteiger partial charge in [-0.25, -0.2) is 9.78 Å². The molecule has 0 aliphatic heterocycles. The van der Waals surface area contributed by atoms with Crippen LogP contribution in [0, 0.1) is 0 Å². The van der Waals surface area contributed by atoms with E-state index in [2.05, 4.69) is 10.3 Å². The monoisotopic (exact) mass is 325 g/mol. The predicted octanol–water partition coefficient (Wildman–Crippen LogP) is 2.29. The first-order valence-corrected chi connectivity index (χ1v) is 6.55. The van der Waals surface area contributed by atoms with E-state index in [9.17, 15) is 22.8 Å². The Hall–Kier alpha value is -1.84. The lowest BCUT2D eigenvalue weighted by Crippen LogP contribution is -2.32. The molecule has 0 atom stereocenters. The first kappa shape index (κ1) is 17.2. The fourth-order valence-corrected chi connectivity index (χ4v) is 2.14. The lowest BCUT2D eigenvalue weighted by Gasteiger charge is -2.19. The normalized spacial score (nSPS) is 12.1. The molecule has 10 heteroatoms. The van der Waals surface area contributed by atoms with Gasteiger partial charge in [-0.1, -0.05) is 0 Å². The number of nitrogens with two attached hydrogens (primary N) is 1. The summed E-state index contributed by atoms with van der Waals surface area (Å²) in [5, 5.41) is 2.16. The largest absolute Gasteiger partial charge is 0.444 e. The van der Waals surface area contributed by atoms with Gasteiger partial charge in [-0.2, -0.15) is 13.2 Å². The molecule has 0 spiro atoms. The summed E-state index contributed by atoms with van der Waals surface area (Å²) < 4.78 is 42.9. The van der Waals surface area contributed by atoms with Crippen LogP contribution in [-0.4, -0.2) is 22.6 Å². The zero-order valence-corrected chi connectivity index (χ0v) is 12.3. The second-order valence-corrected chi connectivity index (χ2v) is 6.09. The molecule has 0 saturated heterocycles. The predicted molar refractivity (Wildman–Crippen MR) is 68.7 cm³/mol. The quantitative estimate of drug-likeness (QED) is 0.891. The third kappa shape index (κ3) is 5.21. The molecule has 0 aromatic carbocycles. The van der Waals surface area contributed by atoms with Crippen molar-refractivity contribution in [3.8, 4) is 0 Å². The van der Waals surface area contributed by atoms with E-state index in [1.165, 1.54) is 0 Å². The number of rotatable bonds is 3. The molecule has 1 rings (SSSR count). The molecule has 2 amide bonds. The zero-order valence-electron chi connectivity index (χ0n) is 11.5. The number of aromatic nitrogens is 1. The van der Waals surface area contributed by atoms with Gasteiger partial charge in [-0.15, -0.1) is 11.3 Å². The summed E-state index contributed by atoms with van der Waals surface area (Å²) >= 11 is 0.479. The van der Waals surface area contributed by atoms with Crippen molar-refractivity contribution in [2.24, 2.45) is 5.73 Å². The Balaban J connectivity index is 2.82. The number of nitrogens with zero attached hydrogens (tertiary/aromatic N) is 1. The molecule has 0 bridgehead atoms. The van der Waals surface area contributed by atoms with Crippen molar-refractivity contribution in [2.75, 3.05) is 0 Å². The highest BCUT2D eigenvalue weighted by molar-refractivity contribution is 7.13. The summed E-state index contributed by atoms with van der Waals surface area (Å²) in [4.78, 5) is 25.0. The molecular formula is C11H14F3N3O3S. The first-order chi connectivity index (χ1) is 9.40. The van der Waals surface area contributed by atoms with Gasteiger partial charge >= 0.3 is 12.3 Å². The summed E-state index contributed by atoms with van der Waals surface area (Å²) in [5.74, 6) is -1.22. The summed E-state index contributed by atoms with van der Waals surface area (Å²) in [7, 11) is 0. The average molecular weight is 325 g/mol. The highest BCUT2D eigenvalue weighted by Crippen LogP contribution is 2.34. The molecule has 0 radical (unpaired) electrons. The Kier molecular flexibility index (Phi) is 4.82. The van der Waals surface area contributed by atoms with Gasteiger partial charge in [-0.3, -0.25) is 4.79 Å². The lowest BCUT2D eigenvalue weighted by atomic mass is 10.2. The number of amides is 2. The van der Waals surface area contributed by atoms with Gasteiger partial charge in [0, 0.05) is 0 Å². The molecule has 0 fully saturated rings. The highest BCUT2D eigenvalue weighted by atomic mass is 32.1. The van der Waals surface area contributed by atoms with Crippen molar-refractivity contribution in [3.63, 3.8) is 0 Å². The maximum Gasteiger partial charge on any atom is 0.435 e. The molecule has 6 nitrogen and oxygen atoms in total. The second-order valence-electron chi connectivity index (χ2n) is 5.00. The van der Waals surface area contributed by atoms with Gasteiger partial charge < -0.3 is 15.8 Å². The van der Waals surface area contributed by atoms with E-state index in [1.54, 1.807) is 20.8 Å². The number of carbonyl (C=O) groups is 2. The van der Waals surface area contributed by atoms with Crippen LogP contribution in [0.1, 0.15) is 41.1 Å². The third-order valence-corrected chi connectivity index (χ3v) is 3.02. The van der Waals surface area contributed by atoms with Gasteiger partial charge in [0.1, 0.15) is 15.5 Å². The Morgan fingerprint density at radius 3 is 2.29 bits per heavy atom. The summed E-state index contributed by atoms with van der Waals surface area (Å²) in [6, 6.07) is 0. The summed E-state index contributed by atoms with van der Waals surface area (Å²) in [5.41, 5.74) is 2.80. The molecule has 1 aromatic rings. The van der Waals surface area contributed by atoms with Gasteiger partial charge in [-0.05, 0) is 20.8 Å². The SMILES string of the molecule is CC(C)(C)OC(=O)NCc1nc(C(F)(F)F)c(C(N)=O)s1. The number of alkyl carbamates (subject to hydrolysis) is 1. The summed E-state index contributed by atoms with van der Waals surface area (Å²) in [6.45, 7) is 4.63. The highest BCUT2D eigenvalue weighted by Gasteiger charge is 2.39. The minimum absolute atomic E-state index is 0.0954. The van der Waals surface area contributed by atoms with E-state index in [-0.39, 0.29) is 11.6 Å². The Labute approximate surface area is 122 Å². The van der Waals surface area contributed by atoms with Gasteiger partial charge in [0.25, 0.3) is 5.91 Å². The fraction of sp³-hybridized carbons (Fsp3) is 0.545. The number of ether oxygens (including phenoxy) is 1. The molecule has 118 valence electrons. The van der Waals surface area contributed by atoms with Crippen molar-refractivity contribution >= 4 is 23.3 Å². The van der Waals surface area contributed by atoms with Crippen molar-refractivity contribution < 1.29 is 27.5 Å². The Morgan fingerprint density at radius 1 is 1.33 bits per heavy atom. The minimum atomic E-state index is -4.79. The molecule has 0 saturated carbocycles. The van der Waals surface area contributed by atoms with Crippen LogP contribution < -0.4 is 11.1 Å². The molecular weight excluding hydrogens is 311 g/mol. The lowest BCUT2D eigenvalue weighted by molar-refractivity contribution is -0.141. The molecule has 1 aromatic heterocycles. The number of carbonyl (C=O) groups excluding carboxylic acids is 2.